The molecule has 0 aliphatic heterocycles. The Labute approximate surface area is 96.6 Å². The zero-order chi connectivity index (χ0) is 11.8. The van der Waals surface area contributed by atoms with E-state index in [-0.39, 0.29) is 11.8 Å². The van der Waals surface area contributed by atoms with Gasteiger partial charge in [0.25, 0.3) is 0 Å². The van der Waals surface area contributed by atoms with Crippen molar-refractivity contribution in [1.29, 1.82) is 0 Å². The minimum atomic E-state index is -2.89. The van der Waals surface area contributed by atoms with E-state index in [4.69, 9.17) is 5.73 Å². The van der Waals surface area contributed by atoms with Crippen LogP contribution in [0.2, 0.25) is 0 Å². The van der Waals surface area contributed by atoms with Gasteiger partial charge in [-0.3, -0.25) is 0 Å². The molecule has 0 spiro atoms. The average molecular weight is 239 g/mol. The Bertz CT molecular complexity index is 482. The number of hydrogen-bond donors (Lipinski definition) is 1. The molecule has 1 aromatic rings. The molecule has 2 unspecified atom stereocenters. The summed E-state index contributed by atoms with van der Waals surface area (Å²) in [6.45, 7) is 0. The molecule has 2 atom stereocenters. The number of fused-ring (bicyclic) bond motifs is 1. The molecule has 0 fully saturated rings. The normalized spacial score (nSPS) is 21.0. The number of nitrogens with two attached hydrogens (primary N) is 1. The Hall–Kier alpha value is -0.870. The molecule has 0 heterocycles. The van der Waals surface area contributed by atoms with Crippen LogP contribution in [0.25, 0.3) is 0 Å². The second-order valence-electron chi connectivity index (χ2n) is 4.59. The first-order valence-electron chi connectivity index (χ1n) is 5.48. The van der Waals surface area contributed by atoms with E-state index in [1.54, 1.807) is 0 Å². The maximum Gasteiger partial charge on any atom is 0.147 e. The molecule has 3 nitrogen and oxygen atoms in total. The van der Waals surface area contributed by atoms with Gasteiger partial charge in [-0.2, -0.15) is 0 Å². The van der Waals surface area contributed by atoms with Crippen LogP contribution in [-0.2, 0) is 16.3 Å². The summed E-state index contributed by atoms with van der Waals surface area (Å²) in [6.07, 6.45) is 2.80. The molecule has 2 N–H and O–H groups in total. The van der Waals surface area contributed by atoms with Crippen molar-refractivity contribution in [3.05, 3.63) is 35.4 Å². The molecule has 2 rings (SSSR count). The topological polar surface area (TPSA) is 60.2 Å². The van der Waals surface area contributed by atoms with Gasteiger partial charge < -0.3 is 5.73 Å². The van der Waals surface area contributed by atoms with E-state index in [2.05, 4.69) is 12.1 Å². The van der Waals surface area contributed by atoms with Crippen LogP contribution in [0.1, 0.15) is 23.5 Å². The summed E-state index contributed by atoms with van der Waals surface area (Å²) in [5.41, 5.74) is 8.68. The third kappa shape index (κ3) is 2.44. The average Bonchev–Trinajstić information content (AvgIpc) is 2.16. The summed E-state index contributed by atoms with van der Waals surface area (Å²) < 4.78 is 22.1. The van der Waals surface area contributed by atoms with E-state index >= 15 is 0 Å². The number of sulfone groups is 1. The van der Waals surface area contributed by atoms with Crippen molar-refractivity contribution in [2.24, 2.45) is 5.73 Å². The SMILES string of the molecule is CS(=O)(=O)CCC(N)C1Cc2ccccc21. The fourth-order valence-corrected chi connectivity index (χ4v) is 2.93. The molecule has 0 saturated heterocycles. The zero-order valence-electron chi connectivity index (χ0n) is 9.39. The molecule has 0 aromatic heterocycles. The van der Waals surface area contributed by atoms with Gasteiger partial charge in [0.2, 0.25) is 0 Å². The first-order valence-corrected chi connectivity index (χ1v) is 7.54. The van der Waals surface area contributed by atoms with Crippen LogP contribution in [0.3, 0.4) is 0 Å². The second kappa shape index (κ2) is 4.18. The molecule has 0 radical (unpaired) electrons. The summed E-state index contributed by atoms with van der Waals surface area (Å²) in [5.74, 6) is 0.533. The maximum absolute atomic E-state index is 11.1. The van der Waals surface area contributed by atoms with Gasteiger partial charge in [0.05, 0.1) is 5.75 Å². The third-order valence-electron chi connectivity index (χ3n) is 3.23. The van der Waals surface area contributed by atoms with Crippen molar-refractivity contribution in [2.45, 2.75) is 24.8 Å². The molecular formula is C12H17NO2S. The standard InChI is InChI=1S/C12H17NO2S/c1-16(14,15)7-6-12(13)11-8-9-4-2-3-5-10(9)11/h2-5,11-12H,6-8,13H2,1H3. The van der Waals surface area contributed by atoms with Crippen molar-refractivity contribution in [3.63, 3.8) is 0 Å². The van der Waals surface area contributed by atoms with Crippen LogP contribution in [0.5, 0.6) is 0 Å². The fourth-order valence-electron chi connectivity index (χ4n) is 2.23. The van der Waals surface area contributed by atoms with Crippen LogP contribution >= 0.6 is 0 Å². The number of benzene rings is 1. The molecule has 0 amide bonds. The minimum absolute atomic E-state index is 0.0374. The first-order chi connectivity index (χ1) is 7.47. The van der Waals surface area contributed by atoms with Crippen LogP contribution in [-0.4, -0.2) is 26.5 Å². The highest BCUT2D eigenvalue weighted by Gasteiger charge is 2.30. The Morgan fingerprint density at radius 3 is 2.75 bits per heavy atom. The Morgan fingerprint density at radius 1 is 1.44 bits per heavy atom. The highest BCUT2D eigenvalue weighted by atomic mass is 32.2. The monoisotopic (exact) mass is 239 g/mol. The van der Waals surface area contributed by atoms with E-state index in [0.717, 1.165) is 6.42 Å². The van der Waals surface area contributed by atoms with E-state index in [1.165, 1.54) is 17.4 Å². The smallest absolute Gasteiger partial charge is 0.147 e. The van der Waals surface area contributed by atoms with Gasteiger partial charge in [-0.1, -0.05) is 24.3 Å². The molecule has 0 saturated carbocycles. The van der Waals surface area contributed by atoms with Crippen molar-refractivity contribution < 1.29 is 8.42 Å². The Morgan fingerprint density at radius 2 is 2.12 bits per heavy atom. The lowest BCUT2D eigenvalue weighted by molar-refractivity contribution is 0.470. The van der Waals surface area contributed by atoms with Crippen molar-refractivity contribution in [3.8, 4) is 0 Å². The molecule has 4 heteroatoms. The van der Waals surface area contributed by atoms with E-state index in [1.807, 2.05) is 12.1 Å². The minimum Gasteiger partial charge on any atom is -0.327 e. The molecular weight excluding hydrogens is 222 g/mol. The largest absolute Gasteiger partial charge is 0.327 e. The highest BCUT2D eigenvalue weighted by molar-refractivity contribution is 7.90. The van der Waals surface area contributed by atoms with Crippen LogP contribution in [0.15, 0.2) is 24.3 Å². The quantitative estimate of drug-likeness (QED) is 0.855. The summed E-state index contributed by atoms with van der Waals surface area (Å²) >= 11 is 0. The van der Waals surface area contributed by atoms with Gasteiger partial charge in [-0.05, 0) is 24.0 Å². The van der Waals surface area contributed by atoms with Gasteiger partial charge in [0.15, 0.2) is 0 Å². The van der Waals surface area contributed by atoms with Crippen LogP contribution < -0.4 is 5.73 Å². The van der Waals surface area contributed by atoms with Crippen molar-refractivity contribution >= 4 is 9.84 Å². The predicted octanol–water partition coefficient (Wildman–Crippen LogP) is 1.09. The van der Waals surface area contributed by atoms with E-state index in [9.17, 15) is 8.42 Å². The van der Waals surface area contributed by atoms with Gasteiger partial charge in [0.1, 0.15) is 9.84 Å². The molecule has 16 heavy (non-hydrogen) atoms. The summed E-state index contributed by atoms with van der Waals surface area (Å²) in [7, 11) is -2.89. The van der Waals surface area contributed by atoms with Gasteiger partial charge in [0, 0.05) is 18.2 Å². The maximum atomic E-state index is 11.1. The predicted molar refractivity (Wildman–Crippen MR) is 65.2 cm³/mol. The zero-order valence-corrected chi connectivity index (χ0v) is 10.2. The Kier molecular flexibility index (Phi) is 3.04. The molecule has 88 valence electrons. The molecule has 1 aliphatic rings. The van der Waals surface area contributed by atoms with Gasteiger partial charge in [-0.25, -0.2) is 8.42 Å². The molecule has 1 aliphatic carbocycles. The summed E-state index contributed by atoms with van der Waals surface area (Å²) in [6, 6.07) is 8.19. The Balaban J connectivity index is 1.97. The van der Waals surface area contributed by atoms with E-state index < -0.39 is 9.84 Å². The van der Waals surface area contributed by atoms with E-state index in [0.29, 0.717) is 12.3 Å². The highest BCUT2D eigenvalue weighted by Crippen LogP contribution is 2.37. The van der Waals surface area contributed by atoms with Gasteiger partial charge >= 0.3 is 0 Å². The molecule has 0 bridgehead atoms. The molecule has 1 aromatic carbocycles. The lowest BCUT2D eigenvalue weighted by Crippen LogP contribution is -2.36. The lowest BCUT2D eigenvalue weighted by atomic mass is 9.73. The number of rotatable bonds is 4. The third-order valence-corrected chi connectivity index (χ3v) is 4.21. The van der Waals surface area contributed by atoms with Crippen molar-refractivity contribution in [2.75, 3.05) is 12.0 Å². The first kappa shape index (κ1) is 11.6. The van der Waals surface area contributed by atoms with Crippen molar-refractivity contribution in [1.82, 2.24) is 0 Å². The summed E-state index contributed by atoms with van der Waals surface area (Å²) in [4.78, 5) is 0. The second-order valence-corrected chi connectivity index (χ2v) is 6.85. The summed E-state index contributed by atoms with van der Waals surface area (Å²) in [5, 5.41) is 0. The lowest BCUT2D eigenvalue weighted by Gasteiger charge is -2.34. The number of hydrogen-bond acceptors (Lipinski definition) is 3. The fraction of sp³-hybridized carbons (Fsp3) is 0.500. The van der Waals surface area contributed by atoms with Crippen LogP contribution in [0.4, 0.5) is 0 Å². The van der Waals surface area contributed by atoms with Gasteiger partial charge in [-0.15, -0.1) is 0 Å². The van der Waals surface area contributed by atoms with Crippen LogP contribution in [0, 0.1) is 0 Å².